The summed E-state index contributed by atoms with van der Waals surface area (Å²) in [6.45, 7) is 8.56. The molecule has 0 spiro atoms. The number of piperazine rings is 1. The minimum atomic E-state index is 0.0286. The third-order valence-corrected chi connectivity index (χ3v) is 3.86. The van der Waals surface area contributed by atoms with Crippen molar-refractivity contribution in [3.8, 4) is 0 Å². The van der Waals surface area contributed by atoms with Crippen LogP contribution < -0.4 is 5.32 Å². The minimum Gasteiger partial charge on any atom is -0.378 e. The molecule has 1 N–H and O–H groups in total. The smallest absolute Gasteiger partial charge is 0.225 e. The first-order valence-corrected chi connectivity index (χ1v) is 7.45. The molecule has 6 nitrogen and oxygen atoms in total. The SMILES string of the molecule is CC(C)C(=O)N1CCN(C(=O)CC2COCCN2)CC1. The lowest BCUT2D eigenvalue weighted by molar-refractivity contribution is -0.142. The monoisotopic (exact) mass is 283 g/mol. The van der Waals surface area contributed by atoms with Gasteiger partial charge in [0.2, 0.25) is 11.8 Å². The average molecular weight is 283 g/mol. The molecule has 2 aliphatic rings. The van der Waals surface area contributed by atoms with Gasteiger partial charge in [-0.25, -0.2) is 0 Å². The van der Waals surface area contributed by atoms with Crippen molar-refractivity contribution in [1.82, 2.24) is 15.1 Å². The zero-order chi connectivity index (χ0) is 14.5. The summed E-state index contributed by atoms with van der Waals surface area (Å²) in [5, 5.41) is 3.29. The number of hydrogen-bond acceptors (Lipinski definition) is 4. The molecule has 0 aromatic carbocycles. The number of carbonyl (C=O) groups excluding carboxylic acids is 2. The molecule has 114 valence electrons. The first kappa shape index (κ1) is 15.3. The highest BCUT2D eigenvalue weighted by molar-refractivity contribution is 5.79. The second kappa shape index (κ2) is 7.04. The predicted molar refractivity (Wildman–Crippen MR) is 75.2 cm³/mol. The highest BCUT2D eigenvalue weighted by Crippen LogP contribution is 2.09. The summed E-state index contributed by atoms with van der Waals surface area (Å²) >= 11 is 0. The van der Waals surface area contributed by atoms with Crippen molar-refractivity contribution in [3.05, 3.63) is 0 Å². The molecule has 1 atom stereocenters. The Labute approximate surface area is 120 Å². The first-order valence-electron chi connectivity index (χ1n) is 7.45. The molecule has 6 heteroatoms. The molecule has 2 heterocycles. The lowest BCUT2D eigenvalue weighted by atomic mass is 10.1. The van der Waals surface area contributed by atoms with E-state index in [2.05, 4.69) is 5.32 Å². The number of nitrogens with zero attached hydrogens (tertiary/aromatic N) is 2. The third-order valence-electron chi connectivity index (χ3n) is 3.86. The van der Waals surface area contributed by atoms with Crippen LogP contribution in [0.1, 0.15) is 20.3 Å². The molecule has 0 saturated carbocycles. The van der Waals surface area contributed by atoms with Gasteiger partial charge in [-0.2, -0.15) is 0 Å². The molecular weight excluding hydrogens is 258 g/mol. The maximum Gasteiger partial charge on any atom is 0.225 e. The van der Waals surface area contributed by atoms with Crippen LogP contribution in [0.5, 0.6) is 0 Å². The van der Waals surface area contributed by atoms with Gasteiger partial charge < -0.3 is 19.9 Å². The average Bonchev–Trinajstić information content (AvgIpc) is 2.47. The Bertz CT molecular complexity index is 346. The summed E-state index contributed by atoms with van der Waals surface area (Å²) in [6, 6.07) is 0.131. The van der Waals surface area contributed by atoms with E-state index in [4.69, 9.17) is 4.74 Å². The Morgan fingerprint density at radius 3 is 2.40 bits per heavy atom. The molecule has 0 radical (unpaired) electrons. The van der Waals surface area contributed by atoms with Crippen molar-refractivity contribution in [2.45, 2.75) is 26.3 Å². The molecule has 0 aromatic rings. The molecule has 2 fully saturated rings. The van der Waals surface area contributed by atoms with E-state index in [0.717, 1.165) is 13.2 Å². The van der Waals surface area contributed by atoms with Crippen LogP contribution in [0.2, 0.25) is 0 Å². The molecule has 0 aliphatic carbocycles. The van der Waals surface area contributed by atoms with Crippen LogP contribution >= 0.6 is 0 Å². The Morgan fingerprint density at radius 2 is 1.85 bits per heavy atom. The fraction of sp³-hybridized carbons (Fsp3) is 0.857. The second-order valence-corrected chi connectivity index (χ2v) is 5.79. The van der Waals surface area contributed by atoms with Crippen molar-refractivity contribution >= 4 is 11.8 Å². The van der Waals surface area contributed by atoms with Crippen LogP contribution in [0.3, 0.4) is 0 Å². The van der Waals surface area contributed by atoms with E-state index in [9.17, 15) is 9.59 Å². The van der Waals surface area contributed by atoms with Gasteiger partial charge in [-0.15, -0.1) is 0 Å². The summed E-state index contributed by atoms with van der Waals surface area (Å²) in [5.41, 5.74) is 0. The van der Waals surface area contributed by atoms with Crippen LogP contribution in [-0.2, 0) is 14.3 Å². The topological polar surface area (TPSA) is 61.9 Å². The van der Waals surface area contributed by atoms with Gasteiger partial charge in [0.15, 0.2) is 0 Å². The summed E-state index contributed by atoms with van der Waals surface area (Å²) in [5.74, 6) is 0.366. The summed E-state index contributed by atoms with van der Waals surface area (Å²) < 4.78 is 5.36. The van der Waals surface area contributed by atoms with E-state index < -0.39 is 0 Å². The fourth-order valence-corrected chi connectivity index (χ4v) is 2.63. The maximum atomic E-state index is 12.2. The third kappa shape index (κ3) is 3.93. The van der Waals surface area contributed by atoms with Crippen LogP contribution in [0, 0.1) is 5.92 Å². The van der Waals surface area contributed by atoms with Crippen molar-refractivity contribution in [1.29, 1.82) is 0 Å². The fourth-order valence-electron chi connectivity index (χ4n) is 2.63. The predicted octanol–water partition coefficient (Wildman–Crippen LogP) is -0.308. The molecular formula is C14H25N3O3. The van der Waals surface area contributed by atoms with Gasteiger partial charge in [0.25, 0.3) is 0 Å². The molecule has 0 bridgehead atoms. The molecule has 2 aliphatic heterocycles. The van der Waals surface area contributed by atoms with Crippen molar-refractivity contribution < 1.29 is 14.3 Å². The summed E-state index contributed by atoms with van der Waals surface area (Å²) in [4.78, 5) is 27.8. The van der Waals surface area contributed by atoms with Gasteiger partial charge in [0.1, 0.15) is 0 Å². The summed E-state index contributed by atoms with van der Waals surface area (Å²) in [7, 11) is 0. The Hall–Kier alpha value is -1.14. The molecule has 2 saturated heterocycles. The van der Waals surface area contributed by atoms with E-state index in [1.165, 1.54) is 0 Å². The highest BCUT2D eigenvalue weighted by atomic mass is 16.5. The number of morpholine rings is 1. The standard InChI is InChI=1S/C14H25N3O3/c1-11(2)14(19)17-6-4-16(5-7-17)13(18)9-12-10-20-8-3-15-12/h11-12,15H,3-10H2,1-2H3. The zero-order valence-corrected chi connectivity index (χ0v) is 12.4. The lowest BCUT2D eigenvalue weighted by Gasteiger charge is -2.36. The van der Waals surface area contributed by atoms with Crippen LogP contribution in [0.4, 0.5) is 0 Å². The number of nitrogens with one attached hydrogen (secondary N) is 1. The van der Waals surface area contributed by atoms with Crippen molar-refractivity contribution in [2.24, 2.45) is 5.92 Å². The quantitative estimate of drug-likeness (QED) is 0.772. The highest BCUT2D eigenvalue weighted by Gasteiger charge is 2.27. The van der Waals surface area contributed by atoms with Crippen molar-refractivity contribution in [3.63, 3.8) is 0 Å². The van der Waals surface area contributed by atoms with Gasteiger partial charge in [0, 0.05) is 51.1 Å². The second-order valence-electron chi connectivity index (χ2n) is 5.79. The summed E-state index contributed by atoms with van der Waals surface area (Å²) in [6.07, 6.45) is 0.484. The molecule has 1 unspecified atom stereocenters. The number of ether oxygens (including phenoxy) is 1. The molecule has 0 aromatic heterocycles. The van der Waals surface area contributed by atoms with Crippen LogP contribution in [0.25, 0.3) is 0 Å². The first-order chi connectivity index (χ1) is 9.58. The number of amides is 2. The van der Waals surface area contributed by atoms with E-state index in [1.54, 1.807) is 0 Å². The van der Waals surface area contributed by atoms with Gasteiger partial charge in [0.05, 0.1) is 13.2 Å². The van der Waals surface area contributed by atoms with Crippen LogP contribution in [0.15, 0.2) is 0 Å². The van der Waals surface area contributed by atoms with Crippen molar-refractivity contribution in [2.75, 3.05) is 45.9 Å². The molecule has 2 amide bonds. The minimum absolute atomic E-state index is 0.0286. The Kier molecular flexibility index (Phi) is 5.37. The number of carbonyl (C=O) groups is 2. The van der Waals surface area contributed by atoms with E-state index in [1.807, 2.05) is 23.6 Å². The van der Waals surface area contributed by atoms with E-state index in [-0.39, 0.29) is 23.8 Å². The molecule has 2 rings (SSSR count). The van der Waals surface area contributed by atoms with Gasteiger partial charge in [-0.3, -0.25) is 9.59 Å². The zero-order valence-electron chi connectivity index (χ0n) is 12.4. The lowest BCUT2D eigenvalue weighted by Crippen LogP contribution is -2.53. The normalized spacial score (nSPS) is 24.1. The molecule has 20 heavy (non-hydrogen) atoms. The van der Waals surface area contributed by atoms with Gasteiger partial charge in [-0.05, 0) is 0 Å². The van der Waals surface area contributed by atoms with E-state index in [0.29, 0.717) is 39.2 Å². The van der Waals surface area contributed by atoms with Gasteiger partial charge >= 0.3 is 0 Å². The Balaban J connectivity index is 1.75. The Morgan fingerprint density at radius 1 is 1.20 bits per heavy atom. The maximum absolute atomic E-state index is 12.2. The van der Waals surface area contributed by atoms with E-state index >= 15 is 0 Å². The van der Waals surface area contributed by atoms with Gasteiger partial charge in [-0.1, -0.05) is 13.8 Å². The number of hydrogen-bond donors (Lipinski definition) is 1. The number of rotatable bonds is 3. The largest absolute Gasteiger partial charge is 0.378 e. The van der Waals surface area contributed by atoms with Crippen LogP contribution in [-0.4, -0.2) is 73.6 Å².